The molecule has 61 heavy (non-hydrogen) atoms. The number of rotatable bonds is 14. The van der Waals surface area contributed by atoms with Crippen LogP contribution in [0.1, 0.15) is 20.8 Å². The van der Waals surface area contributed by atoms with Crippen LogP contribution in [0.5, 0.6) is 0 Å². The van der Waals surface area contributed by atoms with E-state index in [1.54, 1.807) is 0 Å². The molecule has 0 aromatic heterocycles. The van der Waals surface area contributed by atoms with E-state index in [1.165, 1.54) is 6.92 Å². The van der Waals surface area contributed by atoms with Crippen LogP contribution in [0.25, 0.3) is 0 Å². The van der Waals surface area contributed by atoms with Gasteiger partial charge in [0.2, 0.25) is 11.8 Å². The Balaban J connectivity index is 1.51. The molecule has 5 heterocycles. The average molecular weight is 895 g/mol. The monoisotopic (exact) mass is 894 g/mol. The van der Waals surface area contributed by atoms with Gasteiger partial charge in [-0.1, -0.05) is 0 Å². The van der Waals surface area contributed by atoms with E-state index in [1.807, 2.05) is 0 Å². The van der Waals surface area contributed by atoms with Gasteiger partial charge in [0.25, 0.3) is 0 Å². The number of aliphatic hydroxyl groups is 14. The lowest BCUT2D eigenvalue weighted by Crippen LogP contribution is -2.71. The predicted octanol–water partition coefficient (Wildman–Crippen LogP) is -10.6. The summed E-state index contributed by atoms with van der Waals surface area (Å²) in [4.78, 5) is 24.8. The van der Waals surface area contributed by atoms with Crippen LogP contribution < -0.4 is 10.6 Å². The molecular weight excluding hydrogens is 836 g/mol. The largest absolute Gasteiger partial charge is 0.394 e. The molecule has 0 bridgehead atoms. The van der Waals surface area contributed by atoms with E-state index >= 15 is 0 Å². The molecule has 0 aromatic carbocycles. The highest BCUT2D eigenvalue weighted by molar-refractivity contribution is 5.73. The molecule has 25 atom stereocenters. The zero-order valence-electron chi connectivity index (χ0n) is 33.0. The van der Waals surface area contributed by atoms with Gasteiger partial charge in [0.15, 0.2) is 31.5 Å². The molecule has 27 heteroatoms. The highest BCUT2D eigenvalue weighted by atomic mass is 16.8. The van der Waals surface area contributed by atoms with Gasteiger partial charge in [0, 0.05) is 13.8 Å². The Labute approximate surface area is 346 Å². The van der Waals surface area contributed by atoms with Crippen molar-refractivity contribution in [2.45, 2.75) is 174 Å². The van der Waals surface area contributed by atoms with Crippen LogP contribution in [0, 0.1) is 0 Å². The van der Waals surface area contributed by atoms with Crippen LogP contribution in [0.15, 0.2) is 0 Å². The zero-order valence-corrected chi connectivity index (χ0v) is 33.0. The van der Waals surface area contributed by atoms with Crippen molar-refractivity contribution in [3.05, 3.63) is 0 Å². The van der Waals surface area contributed by atoms with Crippen molar-refractivity contribution >= 4 is 11.8 Å². The van der Waals surface area contributed by atoms with Crippen LogP contribution in [0.2, 0.25) is 0 Å². The van der Waals surface area contributed by atoms with Crippen molar-refractivity contribution in [1.82, 2.24) is 10.6 Å². The molecule has 5 fully saturated rings. The Hall–Kier alpha value is -1.98. The molecule has 0 saturated carbocycles. The van der Waals surface area contributed by atoms with Crippen LogP contribution in [0.3, 0.4) is 0 Å². The summed E-state index contributed by atoms with van der Waals surface area (Å²) in [5, 5.41) is 153. The minimum Gasteiger partial charge on any atom is -0.394 e. The Morgan fingerprint density at radius 1 is 0.426 bits per heavy atom. The average Bonchev–Trinajstić information content (AvgIpc) is 3.22. The van der Waals surface area contributed by atoms with Crippen LogP contribution >= 0.6 is 0 Å². The van der Waals surface area contributed by atoms with Crippen molar-refractivity contribution < 1.29 is 124 Å². The highest BCUT2D eigenvalue weighted by Crippen LogP contribution is 2.37. The molecule has 354 valence electrons. The Bertz CT molecular complexity index is 1420. The number of hydrogen-bond donors (Lipinski definition) is 16. The Morgan fingerprint density at radius 2 is 0.836 bits per heavy atom. The third-order valence-electron chi connectivity index (χ3n) is 11.1. The second-order valence-corrected chi connectivity index (χ2v) is 15.4. The summed E-state index contributed by atoms with van der Waals surface area (Å²) in [5.74, 6) is -1.56. The highest BCUT2D eigenvalue weighted by Gasteiger charge is 2.58. The molecule has 0 unspecified atom stereocenters. The lowest BCUT2D eigenvalue weighted by molar-refractivity contribution is -0.389. The van der Waals surface area contributed by atoms with E-state index in [2.05, 4.69) is 10.6 Å². The van der Waals surface area contributed by atoms with Gasteiger partial charge in [0.1, 0.15) is 116 Å². The first-order valence-electron chi connectivity index (χ1n) is 19.5. The molecule has 5 rings (SSSR count). The molecule has 27 nitrogen and oxygen atoms in total. The van der Waals surface area contributed by atoms with Gasteiger partial charge < -0.3 is 125 Å². The second kappa shape index (κ2) is 21.3. The summed E-state index contributed by atoms with van der Waals surface area (Å²) in [7, 11) is 0. The normalized spacial score (nSPS) is 49.6. The van der Waals surface area contributed by atoms with E-state index in [0.29, 0.717) is 0 Å². The van der Waals surface area contributed by atoms with E-state index < -0.39 is 192 Å². The first-order chi connectivity index (χ1) is 28.8. The fraction of sp³-hybridized carbons (Fsp3) is 0.941. The minimum atomic E-state index is -2.15. The van der Waals surface area contributed by atoms with Crippen molar-refractivity contribution in [3.8, 4) is 0 Å². The predicted molar refractivity (Wildman–Crippen MR) is 188 cm³/mol. The van der Waals surface area contributed by atoms with Crippen LogP contribution in [-0.4, -0.2) is 263 Å². The Morgan fingerprint density at radius 3 is 1.39 bits per heavy atom. The van der Waals surface area contributed by atoms with Crippen molar-refractivity contribution in [2.75, 3.05) is 26.4 Å². The van der Waals surface area contributed by atoms with E-state index in [0.717, 1.165) is 13.8 Å². The molecule has 2 amide bonds. The van der Waals surface area contributed by atoms with E-state index in [4.69, 9.17) is 42.6 Å². The summed E-state index contributed by atoms with van der Waals surface area (Å²) < 4.78 is 51.9. The van der Waals surface area contributed by atoms with Gasteiger partial charge >= 0.3 is 0 Å². The smallest absolute Gasteiger partial charge is 0.217 e. The third-order valence-corrected chi connectivity index (χ3v) is 11.1. The first kappa shape index (κ1) is 50.0. The lowest BCUT2D eigenvalue weighted by Gasteiger charge is -2.51. The lowest BCUT2D eigenvalue weighted by atomic mass is 9.93. The zero-order chi connectivity index (χ0) is 45.2. The standard InChI is InChI=1S/C34H58N2O25/c1-8-17(43)21(47)23(49)32(53-8)60-28-16(36-10(3)42)31(57-14(7-40)26(28)58-33-24(50)22(48)18(44)11(4-37)55-33)61-29-20(46)13(6-39)56-34(25(29)51)59-27-15(35-9(2)41)30(52)54-12(5-38)19(27)45/h8,11-34,37-40,43-52H,4-7H2,1-3H3,(H,35,41)(H,36,42)/t8-,11+,12+,13+,14+,15+,16+,17+,18-,19+,20-,21+,22-,23-,24+,25+,26+,27+,28+,29-,30+,31-,32-,33-,34-/m0/s1. The number of hydrogen-bond acceptors (Lipinski definition) is 25. The maximum Gasteiger partial charge on any atom is 0.217 e. The SMILES string of the molecule is CC(=O)N[C@@H]1[C@@H](O[C@@H]2O[C@H](CO)[C@H](O)[C@H](O[C@@H]3O[C@H](CO)[C@@H](O[C@@H]4O[C@H](CO)[C@H](O)[C@H](O)[C@H]4O)[C@H](O[C@@H]4O[C@@H](C)[C@@H](O)[C@@H](O)[C@@H]4O)[C@H]3NC(C)=O)[C@H]2O)[C@H](O)[C@@H](CO)O[C@H]1O. The summed E-state index contributed by atoms with van der Waals surface area (Å²) in [6.45, 7) is -0.293. The summed E-state index contributed by atoms with van der Waals surface area (Å²) in [6, 6.07) is -3.29. The van der Waals surface area contributed by atoms with E-state index in [-0.39, 0.29) is 0 Å². The van der Waals surface area contributed by atoms with Gasteiger partial charge in [-0.05, 0) is 6.92 Å². The number of carbonyl (C=O) groups excluding carboxylic acids is 2. The maximum atomic E-state index is 12.8. The number of carbonyl (C=O) groups is 2. The topological polar surface area (TPSA) is 424 Å². The van der Waals surface area contributed by atoms with Crippen molar-refractivity contribution in [3.63, 3.8) is 0 Å². The van der Waals surface area contributed by atoms with Gasteiger partial charge in [-0.2, -0.15) is 0 Å². The molecule has 5 aliphatic heterocycles. The fourth-order valence-corrected chi connectivity index (χ4v) is 7.77. The Kier molecular flexibility index (Phi) is 17.5. The van der Waals surface area contributed by atoms with Gasteiger partial charge in [-0.15, -0.1) is 0 Å². The molecule has 5 aliphatic rings. The van der Waals surface area contributed by atoms with Crippen LogP contribution in [-0.2, 0) is 52.2 Å². The molecule has 0 radical (unpaired) electrons. The minimum absolute atomic E-state index is 0.723. The number of amides is 2. The van der Waals surface area contributed by atoms with E-state index in [9.17, 15) is 81.1 Å². The quantitative estimate of drug-likeness (QED) is 0.0770. The molecular formula is C34H58N2O25. The molecule has 0 spiro atoms. The van der Waals surface area contributed by atoms with Crippen molar-refractivity contribution in [1.29, 1.82) is 0 Å². The van der Waals surface area contributed by atoms with Gasteiger partial charge in [0.05, 0.1) is 32.5 Å². The summed E-state index contributed by atoms with van der Waals surface area (Å²) in [5.41, 5.74) is 0. The maximum absolute atomic E-state index is 12.8. The third kappa shape index (κ3) is 10.8. The van der Waals surface area contributed by atoms with Gasteiger partial charge in [-0.3, -0.25) is 9.59 Å². The van der Waals surface area contributed by atoms with Crippen LogP contribution in [0.4, 0.5) is 0 Å². The fourth-order valence-electron chi connectivity index (χ4n) is 7.77. The molecule has 5 saturated heterocycles. The second-order valence-electron chi connectivity index (χ2n) is 15.4. The number of aliphatic hydroxyl groups excluding tert-OH is 14. The molecule has 16 N–H and O–H groups in total. The summed E-state index contributed by atoms with van der Waals surface area (Å²) in [6.07, 6.45) is -41.7. The number of nitrogens with one attached hydrogen (secondary N) is 2. The molecule has 0 aromatic rings. The molecule has 0 aliphatic carbocycles. The number of ether oxygens (including phenoxy) is 9. The van der Waals surface area contributed by atoms with Crippen molar-refractivity contribution in [2.24, 2.45) is 0 Å². The first-order valence-corrected chi connectivity index (χ1v) is 19.5. The van der Waals surface area contributed by atoms with Gasteiger partial charge in [-0.25, -0.2) is 0 Å². The summed E-state index contributed by atoms with van der Waals surface area (Å²) >= 11 is 0.